The van der Waals surface area contributed by atoms with Gasteiger partial charge in [-0.25, -0.2) is 0 Å². The Morgan fingerprint density at radius 1 is 0.870 bits per heavy atom. The summed E-state index contributed by atoms with van der Waals surface area (Å²) in [5.41, 5.74) is 0.860. The van der Waals surface area contributed by atoms with Crippen LogP contribution in [0, 0.1) is 40.4 Å². The van der Waals surface area contributed by atoms with Crippen LogP contribution in [0.1, 0.15) is 78.6 Å². The molecule has 0 amide bonds. The average molecular weight is 321 g/mol. The van der Waals surface area contributed by atoms with E-state index >= 15 is 0 Å². The van der Waals surface area contributed by atoms with E-state index in [1.165, 1.54) is 44.9 Å². The summed E-state index contributed by atoms with van der Waals surface area (Å²) in [5.74, 6) is 3.87. The molecule has 0 radical (unpaired) electrons. The van der Waals surface area contributed by atoms with Crippen LogP contribution in [0.2, 0.25) is 0 Å². The van der Waals surface area contributed by atoms with Crippen molar-refractivity contribution in [1.82, 2.24) is 0 Å². The zero-order valence-corrected chi connectivity index (χ0v) is 15.3. The fourth-order valence-corrected chi connectivity index (χ4v) is 8.07. The second-order valence-electron chi connectivity index (χ2n) is 10.1. The Morgan fingerprint density at radius 3 is 2.30 bits per heavy atom. The minimum Gasteiger partial charge on any atom is -0.393 e. The second kappa shape index (κ2) is 5.46. The molecular weight excluding hydrogens is 284 g/mol. The first-order valence-electron chi connectivity index (χ1n) is 10.2. The van der Waals surface area contributed by atoms with E-state index in [-0.39, 0.29) is 12.2 Å². The number of aliphatic hydroxyl groups is 2. The van der Waals surface area contributed by atoms with Crippen molar-refractivity contribution in [3.05, 3.63) is 0 Å². The molecule has 0 aliphatic heterocycles. The van der Waals surface area contributed by atoms with Gasteiger partial charge in [0.15, 0.2) is 0 Å². The van der Waals surface area contributed by atoms with Gasteiger partial charge in [-0.15, -0.1) is 0 Å². The zero-order valence-electron chi connectivity index (χ0n) is 15.3. The maximum Gasteiger partial charge on any atom is 0.0545 e. The van der Waals surface area contributed by atoms with Gasteiger partial charge in [-0.1, -0.05) is 13.8 Å². The van der Waals surface area contributed by atoms with Crippen LogP contribution in [0.4, 0.5) is 0 Å². The monoisotopic (exact) mass is 320 g/mol. The Balaban J connectivity index is 1.60. The van der Waals surface area contributed by atoms with Gasteiger partial charge in [0.1, 0.15) is 0 Å². The molecule has 0 heterocycles. The lowest BCUT2D eigenvalue weighted by Crippen LogP contribution is -2.54. The van der Waals surface area contributed by atoms with Gasteiger partial charge in [0.2, 0.25) is 0 Å². The molecule has 0 spiro atoms. The van der Waals surface area contributed by atoms with E-state index in [1.54, 1.807) is 0 Å². The van der Waals surface area contributed by atoms with Gasteiger partial charge in [0.25, 0.3) is 0 Å². The fourth-order valence-electron chi connectivity index (χ4n) is 8.07. The van der Waals surface area contributed by atoms with Gasteiger partial charge in [-0.2, -0.15) is 0 Å². The number of fused-ring (bicyclic) bond motifs is 5. The smallest absolute Gasteiger partial charge is 0.0545 e. The van der Waals surface area contributed by atoms with Gasteiger partial charge < -0.3 is 10.2 Å². The van der Waals surface area contributed by atoms with E-state index < -0.39 is 0 Å². The number of hydrogen-bond acceptors (Lipinski definition) is 2. The Bertz CT molecular complexity index is 461. The van der Waals surface area contributed by atoms with E-state index in [9.17, 15) is 10.2 Å². The van der Waals surface area contributed by atoms with Crippen molar-refractivity contribution in [2.75, 3.05) is 0 Å². The van der Waals surface area contributed by atoms with Crippen LogP contribution in [0.3, 0.4) is 0 Å². The summed E-state index contributed by atoms with van der Waals surface area (Å²) in [6.45, 7) is 7.08. The normalized spacial score (nSPS) is 57.3. The van der Waals surface area contributed by atoms with E-state index in [0.717, 1.165) is 36.5 Å². The lowest BCUT2D eigenvalue weighted by Gasteiger charge is -2.61. The van der Waals surface area contributed by atoms with E-state index in [2.05, 4.69) is 13.8 Å². The van der Waals surface area contributed by atoms with Crippen LogP contribution in [0.15, 0.2) is 0 Å². The summed E-state index contributed by atoms with van der Waals surface area (Å²) in [4.78, 5) is 0. The molecule has 0 aromatic carbocycles. The van der Waals surface area contributed by atoms with Crippen molar-refractivity contribution in [2.45, 2.75) is 90.8 Å². The quantitative estimate of drug-likeness (QED) is 0.752. The maximum absolute atomic E-state index is 10.3. The molecule has 4 fully saturated rings. The van der Waals surface area contributed by atoms with Gasteiger partial charge >= 0.3 is 0 Å². The van der Waals surface area contributed by atoms with Crippen LogP contribution < -0.4 is 0 Å². The van der Waals surface area contributed by atoms with E-state index in [0.29, 0.717) is 16.7 Å². The van der Waals surface area contributed by atoms with Gasteiger partial charge in [-0.3, -0.25) is 0 Å². The maximum atomic E-state index is 10.3. The Kier molecular flexibility index (Phi) is 3.89. The summed E-state index contributed by atoms with van der Waals surface area (Å²) in [7, 11) is 0. The topological polar surface area (TPSA) is 40.5 Å². The van der Waals surface area contributed by atoms with Gasteiger partial charge in [0.05, 0.1) is 12.2 Å². The van der Waals surface area contributed by atoms with E-state index in [1.807, 2.05) is 6.92 Å². The third-order valence-corrected chi connectivity index (χ3v) is 9.29. The minimum absolute atomic E-state index is 0.0374. The SMILES string of the molecule is C[C@@H](O)[C@@H]1CC[C@H]2[C@@H]3CC[C@@H]4C[C@@H](O)CC[C@]4(C)[C@H]3CC[C@@]21C. The summed E-state index contributed by atoms with van der Waals surface area (Å²) in [6, 6.07) is 0. The van der Waals surface area contributed by atoms with Crippen LogP contribution in [-0.2, 0) is 0 Å². The summed E-state index contributed by atoms with van der Waals surface area (Å²) in [6.07, 6.45) is 11.1. The first kappa shape index (κ1) is 16.4. The molecule has 0 unspecified atom stereocenters. The van der Waals surface area contributed by atoms with Crippen molar-refractivity contribution >= 4 is 0 Å². The number of aliphatic hydroxyl groups excluding tert-OH is 2. The second-order valence-corrected chi connectivity index (χ2v) is 10.1. The Morgan fingerprint density at radius 2 is 1.57 bits per heavy atom. The summed E-state index contributed by atoms with van der Waals surface area (Å²) in [5, 5.41) is 20.4. The summed E-state index contributed by atoms with van der Waals surface area (Å²) >= 11 is 0. The third-order valence-electron chi connectivity index (χ3n) is 9.29. The lowest BCUT2D eigenvalue weighted by atomic mass is 9.44. The highest BCUT2D eigenvalue weighted by Crippen LogP contribution is 2.67. The molecule has 0 aromatic heterocycles. The number of hydrogen-bond donors (Lipinski definition) is 2. The Labute approximate surface area is 142 Å². The fraction of sp³-hybridized carbons (Fsp3) is 1.00. The number of rotatable bonds is 1. The molecule has 2 nitrogen and oxygen atoms in total. The molecule has 2 heteroatoms. The molecule has 4 saturated carbocycles. The molecule has 23 heavy (non-hydrogen) atoms. The molecule has 0 bridgehead atoms. The predicted octanol–water partition coefficient (Wildman–Crippen LogP) is 4.39. The van der Waals surface area contributed by atoms with Gasteiger partial charge in [0, 0.05) is 0 Å². The molecule has 0 aromatic rings. The van der Waals surface area contributed by atoms with Crippen molar-refractivity contribution in [3.63, 3.8) is 0 Å². The van der Waals surface area contributed by atoms with Crippen LogP contribution >= 0.6 is 0 Å². The van der Waals surface area contributed by atoms with Gasteiger partial charge in [-0.05, 0) is 105 Å². The molecule has 4 aliphatic carbocycles. The molecule has 4 rings (SSSR count). The van der Waals surface area contributed by atoms with E-state index in [4.69, 9.17) is 0 Å². The third kappa shape index (κ3) is 2.27. The molecule has 4 aliphatic rings. The van der Waals surface area contributed by atoms with Crippen molar-refractivity contribution in [3.8, 4) is 0 Å². The van der Waals surface area contributed by atoms with Crippen LogP contribution in [0.25, 0.3) is 0 Å². The zero-order chi connectivity index (χ0) is 16.4. The predicted molar refractivity (Wildman–Crippen MR) is 92.9 cm³/mol. The lowest BCUT2D eigenvalue weighted by molar-refractivity contribution is -0.132. The molecule has 0 saturated heterocycles. The Hall–Kier alpha value is -0.0800. The van der Waals surface area contributed by atoms with Crippen LogP contribution in [0.5, 0.6) is 0 Å². The molecule has 2 N–H and O–H groups in total. The van der Waals surface area contributed by atoms with Crippen molar-refractivity contribution in [1.29, 1.82) is 0 Å². The first-order chi connectivity index (χ1) is 10.9. The largest absolute Gasteiger partial charge is 0.393 e. The highest BCUT2D eigenvalue weighted by Gasteiger charge is 2.60. The van der Waals surface area contributed by atoms with Crippen LogP contribution in [-0.4, -0.2) is 22.4 Å². The highest BCUT2D eigenvalue weighted by atomic mass is 16.3. The standard InChI is InChI=1S/C21H36O2/c1-13(22)17-6-7-18-16-5-4-14-12-15(23)8-10-20(14,2)19(16)9-11-21(17,18)3/h13-19,22-23H,4-12H2,1-3H3/t13-,14-,15+,16+,17+,18+,19+,20+,21-/m1/s1. The molecule has 132 valence electrons. The van der Waals surface area contributed by atoms with Crippen molar-refractivity contribution in [2.24, 2.45) is 40.4 Å². The first-order valence-corrected chi connectivity index (χ1v) is 10.2. The average Bonchev–Trinajstić information content (AvgIpc) is 2.85. The summed E-state index contributed by atoms with van der Waals surface area (Å²) < 4.78 is 0. The van der Waals surface area contributed by atoms with Crippen molar-refractivity contribution < 1.29 is 10.2 Å². The molecular formula is C21H36O2. The highest BCUT2D eigenvalue weighted by molar-refractivity contribution is 5.09. The molecule has 9 atom stereocenters. The minimum atomic E-state index is -0.140.